The molecule has 1 aliphatic carbocycles. The fourth-order valence-electron chi connectivity index (χ4n) is 3.90. The minimum Gasteiger partial charge on any atom is -0.355 e. The molecule has 1 aliphatic heterocycles. The smallest absolute Gasteiger partial charge is 0.193 e. The average molecular weight is 396 g/mol. The van der Waals surface area contributed by atoms with Gasteiger partial charge >= 0.3 is 0 Å². The van der Waals surface area contributed by atoms with E-state index in [9.17, 15) is 8.42 Å². The second-order valence-electron chi connectivity index (χ2n) is 7.12. The van der Waals surface area contributed by atoms with Gasteiger partial charge in [0.1, 0.15) is 0 Å². The van der Waals surface area contributed by atoms with E-state index in [1.165, 1.54) is 32.1 Å². The number of guanidine groups is 1. The summed E-state index contributed by atoms with van der Waals surface area (Å²) in [6.07, 6.45) is 6.57. The number of thioether (sulfide) groups is 1. The Morgan fingerprint density at radius 2 is 1.96 bits per heavy atom. The molecule has 1 heterocycles. The van der Waals surface area contributed by atoms with Crippen LogP contribution in [0.2, 0.25) is 0 Å². The molecular weight excluding hydrogens is 366 g/mol. The highest BCUT2D eigenvalue weighted by molar-refractivity contribution is 8.00. The van der Waals surface area contributed by atoms with E-state index in [1.54, 1.807) is 31.3 Å². The number of aliphatic imine (C=N–C) groups is 1. The molecule has 26 heavy (non-hydrogen) atoms. The Hall–Kier alpha value is -1.21. The van der Waals surface area contributed by atoms with Crippen LogP contribution in [0.5, 0.6) is 0 Å². The zero-order valence-electron chi connectivity index (χ0n) is 15.5. The van der Waals surface area contributed by atoms with Gasteiger partial charge in [0.15, 0.2) is 15.8 Å². The highest BCUT2D eigenvalue weighted by Gasteiger charge is 2.38. The number of benzene rings is 1. The summed E-state index contributed by atoms with van der Waals surface area (Å²) in [4.78, 5) is 7.11. The first kappa shape index (κ1) is 19.5. The van der Waals surface area contributed by atoms with Crippen LogP contribution in [0.15, 0.2) is 40.2 Å². The lowest BCUT2D eigenvalue weighted by atomic mass is 9.87. The molecule has 1 N–H and O–H groups in total. The quantitative estimate of drug-likeness (QED) is 0.627. The molecule has 1 aromatic carbocycles. The van der Waals surface area contributed by atoms with Crippen molar-refractivity contribution in [1.29, 1.82) is 0 Å². The highest BCUT2D eigenvalue weighted by Crippen LogP contribution is 2.42. The molecule has 0 atom stereocenters. The molecule has 144 valence electrons. The Morgan fingerprint density at radius 1 is 1.23 bits per heavy atom. The molecule has 5 nitrogen and oxygen atoms in total. The van der Waals surface area contributed by atoms with E-state index in [4.69, 9.17) is 0 Å². The van der Waals surface area contributed by atoms with Gasteiger partial charge in [0.25, 0.3) is 0 Å². The summed E-state index contributed by atoms with van der Waals surface area (Å²) in [6.45, 7) is 2.36. The third-order valence-corrected chi connectivity index (χ3v) is 8.55. The van der Waals surface area contributed by atoms with Crippen LogP contribution in [0.4, 0.5) is 0 Å². The zero-order chi connectivity index (χ0) is 18.5. The van der Waals surface area contributed by atoms with Crippen molar-refractivity contribution in [2.45, 2.75) is 41.7 Å². The molecule has 7 heteroatoms. The molecule has 3 rings (SSSR count). The molecule has 2 aliphatic rings. The Balaban J connectivity index is 1.56. The SMILES string of the molecule is CN=C(NCCS(=O)(=O)c1ccccc1)N1CCSC2(CCCCC2)C1. The van der Waals surface area contributed by atoms with Gasteiger partial charge < -0.3 is 10.2 Å². The minimum atomic E-state index is -3.26. The largest absolute Gasteiger partial charge is 0.355 e. The molecule has 0 radical (unpaired) electrons. The van der Waals surface area contributed by atoms with Gasteiger partial charge in [-0.05, 0) is 25.0 Å². The molecule has 1 aromatic rings. The first-order valence-corrected chi connectivity index (χ1v) is 12.1. The summed E-state index contributed by atoms with van der Waals surface area (Å²) in [5, 5.41) is 3.27. The average Bonchev–Trinajstić information content (AvgIpc) is 2.66. The molecule has 1 saturated carbocycles. The van der Waals surface area contributed by atoms with Crippen LogP contribution in [0.1, 0.15) is 32.1 Å². The second kappa shape index (κ2) is 8.65. The predicted molar refractivity (Wildman–Crippen MR) is 110 cm³/mol. The van der Waals surface area contributed by atoms with E-state index in [-0.39, 0.29) is 5.75 Å². The van der Waals surface area contributed by atoms with Crippen molar-refractivity contribution in [3.8, 4) is 0 Å². The Bertz CT molecular complexity index is 708. The van der Waals surface area contributed by atoms with Gasteiger partial charge in [0.2, 0.25) is 0 Å². The van der Waals surface area contributed by atoms with Crippen molar-refractivity contribution in [2.75, 3.05) is 38.2 Å². The van der Waals surface area contributed by atoms with Crippen molar-refractivity contribution in [1.82, 2.24) is 10.2 Å². The molecule has 0 bridgehead atoms. The molecular formula is C19H29N3O2S2. The van der Waals surface area contributed by atoms with Crippen molar-refractivity contribution < 1.29 is 8.42 Å². The van der Waals surface area contributed by atoms with Gasteiger partial charge in [-0.25, -0.2) is 8.42 Å². The van der Waals surface area contributed by atoms with E-state index >= 15 is 0 Å². The summed E-state index contributed by atoms with van der Waals surface area (Å²) in [5.74, 6) is 2.02. The van der Waals surface area contributed by atoms with E-state index in [1.807, 2.05) is 6.07 Å². The number of hydrogen-bond acceptors (Lipinski definition) is 4. The van der Waals surface area contributed by atoms with Crippen LogP contribution in [0.25, 0.3) is 0 Å². The third-order valence-electron chi connectivity index (χ3n) is 5.28. The fraction of sp³-hybridized carbons (Fsp3) is 0.632. The molecule has 1 spiro atoms. The highest BCUT2D eigenvalue weighted by atomic mass is 32.2. The van der Waals surface area contributed by atoms with E-state index in [2.05, 4.69) is 27.0 Å². The Labute approximate surface area is 161 Å². The number of nitrogens with zero attached hydrogens (tertiary/aromatic N) is 2. The topological polar surface area (TPSA) is 61.8 Å². The summed E-state index contributed by atoms with van der Waals surface area (Å²) in [5.41, 5.74) is 0. The molecule has 2 fully saturated rings. The second-order valence-corrected chi connectivity index (χ2v) is 10.8. The maximum absolute atomic E-state index is 12.4. The van der Waals surface area contributed by atoms with Crippen LogP contribution < -0.4 is 5.32 Å². The van der Waals surface area contributed by atoms with Gasteiger partial charge in [0.05, 0.1) is 10.6 Å². The fourth-order valence-corrected chi connectivity index (χ4v) is 6.65. The molecule has 1 saturated heterocycles. The first-order valence-electron chi connectivity index (χ1n) is 9.42. The number of hydrogen-bond donors (Lipinski definition) is 1. The number of rotatable bonds is 4. The lowest BCUT2D eigenvalue weighted by Gasteiger charge is -2.45. The van der Waals surface area contributed by atoms with E-state index in [0.717, 1.165) is 24.8 Å². The van der Waals surface area contributed by atoms with Crippen LogP contribution in [0.3, 0.4) is 0 Å². The van der Waals surface area contributed by atoms with Gasteiger partial charge in [0, 0.05) is 37.2 Å². The predicted octanol–water partition coefficient (Wildman–Crippen LogP) is 2.79. The summed E-state index contributed by atoms with van der Waals surface area (Å²) in [6, 6.07) is 8.65. The lowest BCUT2D eigenvalue weighted by Crippen LogP contribution is -2.53. The van der Waals surface area contributed by atoms with Crippen LogP contribution >= 0.6 is 11.8 Å². The van der Waals surface area contributed by atoms with Crippen LogP contribution in [0, 0.1) is 0 Å². The van der Waals surface area contributed by atoms with Crippen molar-refractivity contribution in [3.05, 3.63) is 30.3 Å². The van der Waals surface area contributed by atoms with Crippen LogP contribution in [-0.2, 0) is 9.84 Å². The van der Waals surface area contributed by atoms with Gasteiger partial charge in [-0.3, -0.25) is 4.99 Å². The van der Waals surface area contributed by atoms with Crippen LogP contribution in [-0.4, -0.2) is 62.2 Å². The van der Waals surface area contributed by atoms with E-state index < -0.39 is 9.84 Å². The van der Waals surface area contributed by atoms with Gasteiger partial charge in [-0.1, -0.05) is 37.5 Å². The standard InChI is InChI=1S/C19H29N3O2S2/c1-20-18(21-12-15-26(23,24)17-8-4-2-5-9-17)22-13-14-25-19(16-22)10-6-3-7-11-19/h2,4-5,8-9H,3,6-7,10-16H2,1H3,(H,20,21). The zero-order valence-corrected chi connectivity index (χ0v) is 17.1. The Kier molecular flexibility index (Phi) is 6.51. The van der Waals surface area contributed by atoms with Gasteiger partial charge in [-0.2, -0.15) is 11.8 Å². The summed E-state index contributed by atoms with van der Waals surface area (Å²) >= 11 is 2.12. The maximum Gasteiger partial charge on any atom is 0.193 e. The molecule has 0 amide bonds. The summed E-state index contributed by atoms with van der Waals surface area (Å²) < 4.78 is 25.2. The van der Waals surface area contributed by atoms with Crippen molar-refractivity contribution in [2.24, 2.45) is 4.99 Å². The minimum absolute atomic E-state index is 0.0732. The first-order chi connectivity index (χ1) is 12.5. The normalized spacial score (nSPS) is 21.0. The third kappa shape index (κ3) is 4.74. The van der Waals surface area contributed by atoms with Gasteiger partial charge in [-0.15, -0.1) is 0 Å². The van der Waals surface area contributed by atoms with E-state index in [0.29, 0.717) is 16.2 Å². The summed E-state index contributed by atoms with van der Waals surface area (Å²) in [7, 11) is -1.48. The molecule has 0 unspecified atom stereocenters. The number of sulfone groups is 1. The Morgan fingerprint density at radius 3 is 2.65 bits per heavy atom. The number of nitrogens with one attached hydrogen (secondary N) is 1. The molecule has 0 aromatic heterocycles. The lowest BCUT2D eigenvalue weighted by molar-refractivity contribution is 0.293. The van der Waals surface area contributed by atoms with Crippen molar-refractivity contribution in [3.63, 3.8) is 0 Å². The maximum atomic E-state index is 12.4. The monoisotopic (exact) mass is 395 g/mol. The van der Waals surface area contributed by atoms with Crippen molar-refractivity contribution >= 4 is 27.6 Å².